The standard InChI is InChI=1S/C17H15N5O/c1-3-10(4-1)15-12-7-6-11(9-14(12)23-22-15)19-17-16-13(20-21-17)5-2-8-18-16/h2,5-10H,1,3-4H2,(H2,19,20,21). The highest BCUT2D eigenvalue weighted by Crippen LogP contribution is 2.39. The van der Waals surface area contributed by atoms with Crippen LogP contribution in [-0.4, -0.2) is 20.3 Å². The van der Waals surface area contributed by atoms with E-state index in [0.29, 0.717) is 11.7 Å². The molecule has 0 radical (unpaired) electrons. The molecule has 0 atom stereocenters. The topological polar surface area (TPSA) is 79.6 Å². The molecular formula is C17H15N5O. The van der Waals surface area contributed by atoms with E-state index < -0.39 is 0 Å². The van der Waals surface area contributed by atoms with Gasteiger partial charge in [0.25, 0.3) is 0 Å². The van der Waals surface area contributed by atoms with Crippen LogP contribution in [0.15, 0.2) is 41.1 Å². The minimum absolute atomic E-state index is 0.564. The fraction of sp³-hybridized carbons (Fsp3) is 0.235. The molecule has 0 spiro atoms. The van der Waals surface area contributed by atoms with E-state index >= 15 is 0 Å². The summed E-state index contributed by atoms with van der Waals surface area (Å²) in [6.07, 6.45) is 5.48. The minimum Gasteiger partial charge on any atom is -0.356 e. The molecule has 1 aliphatic rings. The number of hydrogen-bond acceptors (Lipinski definition) is 5. The van der Waals surface area contributed by atoms with Crippen molar-refractivity contribution >= 4 is 33.5 Å². The lowest BCUT2D eigenvalue weighted by atomic mass is 9.82. The average Bonchev–Trinajstić information content (AvgIpc) is 3.11. The second-order valence-corrected chi connectivity index (χ2v) is 6.00. The van der Waals surface area contributed by atoms with Crippen LogP contribution in [0.3, 0.4) is 0 Å². The van der Waals surface area contributed by atoms with Crippen LogP contribution >= 0.6 is 0 Å². The molecule has 23 heavy (non-hydrogen) atoms. The van der Waals surface area contributed by atoms with Crippen molar-refractivity contribution in [3.63, 3.8) is 0 Å². The van der Waals surface area contributed by atoms with Crippen LogP contribution in [0.25, 0.3) is 22.0 Å². The molecule has 3 aromatic heterocycles. The third kappa shape index (κ3) is 1.98. The lowest BCUT2D eigenvalue weighted by Gasteiger charge is -2.22. The van der Waals surface area contributed by atoms with Crippen molar-refractivity contribution in [2.24, 2.45) is 0 Å². The number of benzene rings is 1. The molecule has 114 valence electrons. The van der Waals surface area contributed by atoms with E-state index in [1.807, 2.05) is 24.3 Å². The number of hydrogen-bond donors (Lipinski definition) is 2. The number of pyridine rings is 1. The van der Waals surface area contributed by atoms with Gasteiger partial charge in [0.05, 0.1) is 11.2 Å². The lowest BCUT2D eigenvalue weighted by molar-refractivity contribution is 0.375. The summed E-state index contributed by atoms with van der Waals surface area (Å²) >= 11 is 0. The van der Waals surface area contributed by atoms with E-state index in [1.54, 1.807) is 6.20 Å². The van der Waals surface area contributed by atoms with Crippen molar-refractivity contribution in [3.05, 3.63) is 42.2 Å². The third-order valence-corrected chi connectivity index (χ3v) is 4.57. The van der Waals surface area contributed by atoms with E-state index in [2.05, 4.69) is 31.7 Å². The first-order valence-corrected chi connectivity index (χ1v) is 7.84. The highest BCUT2D eigenvalue weighted by atomic mass is 16.5. The number of nitrogens with zero attached hydrogens (tertiary/aromatic N) is 3. The van der Waals surface area contributed by atoms with Crippen LogP contribution in [0, 0.1) is 0 Å². The van der Waals surface area contributed by atoms with Gasteiger partial charge in [-0.25, -0.2) is 0 Å². The second-order valence-electron chi connectivity index (χ2n) is 6.00. The zero-order valence-corrected chi connectivity index (χ0v) is 12.4. The molecule has 0 amide bonds. The Hall–Kier alpha value is -2.89. The number of fused-ring (bicyclic) bond motifs is 2. The van der Waals surface area contributed by atoms with Crippen molar-refractivity contribution in [3.8, 4) is 0 Å². The zero-order valence-electron chi connectivity index (χ0n) is 12.4. The Bertz CT molecular complexity index is 998. The predicted molar refractivity (Wildman–Crippen MR) is 87.8 cm³/mol. The first-order chi connectivity index (χ1) is 11.4. The average molecular weight is 305 g/mol. The molecule has 6 heteroatoms. The van der Waals surface area contributed by atoms with Crippen LogP contribution in [0.2, 0.25) is 0 Å². The number of aromatic amines is 1. The molecule has 1 aliphatic carbocycles. The Morgan fingerprint density at radius 2 is 2.17 bits per heavy atom. The maximum absolute atomic E-state index is 5.52. The van der Waals surface area contributed by atoms with Crippen LogP contribution in [0.1, 0.15) is 30.9 Å². The summed E-state index contributed by atoms with van der Waals surface area (Å²) in [4.78, 5) is 4.35. The van der Waals surface area contributed by atoms with Crippen LogP contribution in [0.4, 0.5) is 11.5 Å². The Kier molecular flexibility index (Phi) is 2.64. The first kappa shape index (κ1) is 12.6. The van der Waals surface area contributed by atoms with Crippen LogP contribution in [-0.2, 0) is 0 Å². The zero-order chi connectivity index (χ0) is 15.2. The van der Waals surface area contributed by atoms with E-state index in [1.165, 1.54) is 19.3 Å². The first-order valence-electron chi connectivity index (χ1n) is 7.84. The van der Waals surface area contributed by atoms with Gasteiger partial charge in [-0.15, -0.1) is 0 Å². The largest absolute Gasteiger partial charge is 0.356 e. The summed E-state index contributed by atoms with van der Waals surface area (Å²) in [6, 6.07) is 9.90. The number of anilines is 2. The SMILES string of the molecule is c1cnc2c(Nc3ccc4c(C5CCC5)noc4c3)n[nH]c2c1. The van der Waals surface area contributed by atoms with E-state index in [9.17, 15) is 0 Å². The molecule has 0 unspecified atom stereocenters. The van der Waals surface area contributed by atoms with Crippen LogP contribution in [0.5, 0.6) is 0 Å². The van der Waals surface area contributed by atoms with Crippen molar-refractivity contribution in [2.75, 3.05) is 5.32 Å². The van der Waals surface area contributed by atoms with Gasteiger partial charge in [0, 0.05) is 29.3 Å². The van der Waals surface area contributed by atoms with Gasteiger partial charge in [-0.2, -0.15) is 5.10 Å². The van der Waals surface area contributed by atoms with Gasteiger partial charge in [-0.3, -0.25) is 10.1 Å². The fourth-order valence-corrected chi connectivity index (χ4v) is 3.09. The van der Waals surface area contributed by atoms with Crippen molar-refractivity contribution < 1.29 is 4.52 Å². The van der Waals surface area contributed by atoms with Gasteiger partial charge in [-0.05, 0) is 37.1 Å². The quantitative estimate of drug-likeness (QED) is 0.595. The molecule has 1 saturated carbocycles. The Morgan fingerprint density at radius 1 is 1.22 bits per heavy atom. The molecular weight excluding hydrogens is 290 g/mol. The highest BCUT2D eigenvalue weighted by molar-refractivity contribution is 5.89. The smallest absolute Gasteiger partial charge is 0.178 e. The maximum Gasteiger partial charge on any atom is 0.178 e. The molecule has 1 aromatic carbocycles. The molecule has 1 fully saturated rings. The Labute approximate surface area is 131 Å². The van der Waals surface area contributed by atoms with Crippen molar-refractivity contribution in [1.29, 1.82) is 0 Å². The molecule has 0 aliphatic heterocycles. The minimum atomic E-state index is 0.564. The molecule has 0 bridgehead atoms. The molecule has 2 N–H and O–H groups in total. The summed E-state index contributed by atoms with van der Waals surface area (Å²) in [5.74, 6) is 1.27. The Balaban J connectivity index is 1.51. The van der Waals surface area contributed by atoms with Gasteiger partial charge in [0.15, 0.2) is 11.4 Å². The van der Waals surface area contributed by atoms with Crippen molar-refractivity contribution in [2.45, 2.75) is 25.2 Å². The van der Waals surface area contributed by atoms with Gasteiger partial charge in [0.2, 0.25) is 0 Å². The second kappa shape index (κ2) is 4.81. The Morgan fingerprint density at radius 3 is 3.04 bits per heavy atom. The van der Waals surface area contributed by atoms with Crippen LogP contribution < -0.4 is 5.32 Å². The number of nitrogens with one attached hydrogen (secondary N) is 2. The van der Waals surface area contributed by atoms with E-state index in [0.717, 1.165) is 33.4 Å². The molecule has 4 aromatic rings. The van der Waals surface area contributed by atoms with Gasteiger partial charge >= 0.3 is 0 Å². The monoisotopic (exact) mass is 305 g/mol. The maximum atomic E-state index is 5.52. The van der Waals surface area contributed by atoms with E-state index in [-0.39, 0.29) is 0 Å². The summed E-state index contributed by atoms with van der Waals surface area (Å²) < 4.78 is 5.52. The molecule has 3 heterocycles. The molecule has 0 saturated heterocycles. The normalized spacial score (nSPS) is 15.1. The van der Waals surface area contributed by atoms with E-state index in [4.69, 9.17) is 4.52 Å². The summed E-state index contributed by atoms with van der Waals surface area (Å²) in [6.45, 7) is 0. The highest BCUT2D eigenvalue weighted by Gasteiger charge is 2.25. The molecule has 5 rings (SSSR count). The number of rotatable bonds is 3. The summed E-state index contributed by atoms with van der Waals surface area (Å²) in [7, 11) is 0. The van der Waals surface area contributed by atoms with Gasteiger partial charge in [-0.1, -0.05) is 11.6 Å². The third-order valence-electron chi connectivity index (χ3n) is 4.57. The van der Waals surface area contributed by atoms with Gasteiger partial charge < -0.3 is 9.84 Å². The summed E-state index contributed by atoms with van der Waals surface area (Å²) in [5, 5.41) is 15.9. The van der Waals surface area contributed by atoms with Crippen molar-refractivity contribution in [1.82, 2.24) is 20.3 Å². The summed E-state index contributed by atoms with van der Waals surface area (Å²) in [5.41, 5.74) is 4.55. The number of aromatic nitrogens is 4. The predicted octanol–water partition coefficient (Wildman–Crippen LogP) is 4.11. The van der Waals surface area contributed by atoms with Gasteiger partial charge in [0.1, 0.15) is 5.52 Å². The number of H-pyrrole nitrogens is 1. The lowest BCUT2D eigenvalue weighted by Crippen LogP contribution is -2.09. The molecule has 6 nitrogen and oxygen atoms in total. The fourth-order valence-electron chi connectivity index (χ4n) is 3.09.